The van der Waals surface area contributed by atoms with E-state index >= 15 is 0 Å². The average molecular weight is 651 g/mol. The van der Waals surface area contributed by atoms with E-state index in [4.69, 9.17) is 33.2 Å². The van der Waals surface area contributed by atoms with Crippen molar-refractivity contribution >= 4 is 0 Å². The maximum atomic E-state index is 10.8. The van der Waals surface area contributed by atoms with E-state index in [9.17, 15) is 66.4 Å². The molecule has 44 heavy (non-hydrogen) atoms. The Morgan fingerprint density at radius 2 is 0.727 bits per heavy atom. The standard InChI is InChI=1S/C24H42O20/c1-5-9(28)11(30)15(34)21(38-5)42-19-7(3-26)40-22(17(36)13(19)32)43-20-8(4-27)41-24(18(37)14(20)33)44-23-16(35)12(31)10(29)6(2-25)39-23/h5-37H,2-4H2,1H3/t5-,6+,7-,8-,9+,10+,11-,12+,13+,14+,15-,16-,17-,18-,19+,20+,21+,22-,23+,24+/m0/s1. The molecule has 0 aromatic heterocycles. The lowest BCUT2D eigenvalue weighted by molar-refractivity contribution is -0.396. The highest BCUT2D eigenvalue weighted by Crippen LogP contribution is 2.33. The number of aliphatic hydroxyl groups excluding tert-OH is 13. The summed E-state index contributed by atoms with van der Waals surface area (Å²) in [5, 5.41) is 133. The Bertz CT molecular complexity index is 896. The zero-order chi connectivity index (χ0) is 32.6. The topological polar surface area (TPSA) is 328 Å². The van der Waals surface area contributed by atoms with Crippen molar-refractivity contribution < 1.29 is 99.5 Å². The molecule has 4 aliphatic rings. The molecule has 20 atom stereocenters. The highest BCUT2D eigenvalue weighted by Gasteiger charge is 2.54. The first-order valence-corrected chi connectivity index (χ1v) is 14.0. The van der Waals surface area contributed by atoms with Crippen LogP contribution in [0.25, 0.3) is 0 Å². The van der Waals surface area contributed by atoms with Gasteiger partial charge >= 0.3 is 0 Å². The summed E-state index contributed by atoms with van der Waals surface area (Å²) in [6.45, 7) is -1.11. The van der Waals surface area contributed by atoms with E-state index in [-0.39, 0.29) is 0 Å². The average Bonchev–Trinajstić information content (AvgIpc) is 3.01. The quantitative estimate of drug-likeness (QED) is 0.110. The zero-order valence-corrected chi connectivity index (χ0v) is 23.3. The number of rotatable bonds is 9. The second-order valence-electron chi connectivity index (χ2n) is 11.1. The van der Waals surface area contributed by atoms with E-state index < -0.39 is 143 Å². The summed E-state index contributed by atoms with van der Waals surface area (Å²) < 4.78 is 38.0. The molecule has 0 spiro atoms. The van der Waals surface area contributed by atoms with Gasteiger partial charge in [-0.05, 0) is 6.92 Å². The van der Waals surface area contributed by atoms with Crippen LogP contribution in [0.2, 0.25) is 0 Å². The van der Waals surface area contributed by atoms with E-state index in [1.165, 1.54) is 6.92 Å². The molecule has 258 valence electrons. The van der Waals surface area contributed by atoms with Crippen molar-refractivity contribution in [3.05, 3.63) is 0 Å². The Labute approximate surface area is 249 Å². The molecule has 0 aromatic carbocycles. The van der Waals surface area contributed by atoms with E-state index in [0.29, 0.717) is 0 Å². The molecule has 0 aromatic rings. The number of aliphatic hydroxyl groups is 13. The Hall–Kier alpha value is -0.800. The predicted octanol–water partition coefficient (Wildman–Crippen LogP) is -8.72. The lowest BCUT2D eigenvalue weighted by Crippen LogP contribution is -2.67. The van der Waals surface area contributed by atoms with E-state index in [1.807, 2.05) is 0 Å². The molecule has 0 bridgehead atoms. The highest BCUT2D eigenvalue weighted by atomic mass is 16.8. The number of ether oxygens (including phenoxy) is 7. The molecule has 13 N–H and O–H groups in total. The molecule has 20 heteroatoms. The van der Waals surface area contributed by atoms with Crippen LogP contribution in [0.3, 0.4) is 0 Å². The molecule has 0 amide bonds. The number of hydrogen-bond acceptors (Lipinski definition) is 20. The minimum atomic E-state index is -1.99. The van der Waals surface area contributed by atoms with Crippen molar-refractivity contribution in [3.63, 3.8) is 0 Å². The fourth-order valence-corrected chi connectivity index (χ4v) is 5.41. The normalized spacial score (nSPS) is 53.9. The Kier molecular flexibility index (Phi) is 12.3. The maximum absolute atomic E-state index is 10.8. The third-order valence-electron chi connectivity index (χ3n) is 8.15. The monoisotopic (exact) mass is 650 g/mol. The van der Waals surface area contributed by atoms with E-state index in [2.05, 4.69) is 0 Å². The Morgan fingerprint density at radius 1 is 0.386 bits per heavy atom. The summed E-state index contributed by atoms with van der Waals surface area (Å²) in [5.41, 5.74) is 0. The van der Waals surface area contributed by atoms with Gasteiger partial charge in [-0.15, -0.1) is 0 Å². The molecule has 4 heterocycles. The van der Waals surface area contributed by atoms with Gasteiger partial charge in [-0.1, -0.05) is 0 Å². The van der Waals surface area contributed by atoms with Gasteiger partial charge in [-0.2, -0.15) is 0 Å². The molecule has 4 rings (SSSR count). The van der Waals surface area contributed by atoms with Gasteiger partial charge in [-0.25, -0.2) is 0 Å². The minimum Gasteiger partial charge on any atom is -0.394 e. The number of hydrogen-bond donors (Lipinski definition) is 13. The summed E-state index contributed by atoms with van der Waals surface area (Å²) in [5.74, 6) is 0. The molecule has 0 unspecified atom stereocenters. The largest absolute Gasteiger partial charge is 0.394 e. The van der Waals surface area contributed by atoms with Crippen LogP contribution < -0.4 is 0 Å². The molecular formula is C24H42O20. The fraction of sp³-hybridized carbons (Fsp3) is 1.00. The summed E-state index contributed by atoms with van der Waals surface area (Å²) in [7, 11) is 0. The van der Waals surface area contributed by atoms with Crippen LogP contribution in [-0.4, -0.2) is 209 Å². The molecule has 0 saturated carbocycles. The van der Waals surface area contributed by atoms with Crippen molar-refractivity contribution in [3.8, 4) is 0 Å². The zero-order valence-electron chi connectivity index (χ0n) is 23.3. The molecule has 0 radical (unpaired) electrons. The van der Waals surface area contributed by atoms with Crippen LogP contribution >= 0.6 is 0 Å². The van der Waals surface area contributed by atoms with Gasteiger partial charge < -0.3 is 99.5 Å². The fourth-order valence-electron chi connectivity index (χ4n) is 5.41. The first kappa shape index (κ1) is 36.0. The summed E-state index contributed by atoms with van der Waals surface area (Å²) >= 11 is 0. The van der Waals surface area contributed by atoms with Gasteiger partial charge in [0, 0.05) is 0 Å². The summed E-state index contributed by atoms with van der Waals surface area (Å²) in [6.07, 6.45) is -33.8. The molecule has 4 aliphatic heterocycles. The maximum Gasteiger partial charge on any atom is 0.189 e. The van der Waals surface area contributed by atoms with Crippen molar-refractivity contribution in [2.75, 3.05) is 19.8 Å². The highest BCUT2D eigenvalue weighted by molar-refractivity contribution is 4.97. The van der Waals surface area contributed by atoms with Crippen LogP contribution in [0.4, 0.5) is 0 Å². The Morgan fingerprint density at radius 3 is 1.16 bits per heavy atom. The smallest absolute Gasteiger partial charge is 0.189 e. The molecular weight excluding hydrogens is 608 g/mol. The van der Waals surface area contributed by atoms with Crippen molar-refractivity contribution in [1.29, 1.82) is 0 Å². The molecule has 0 aliphatic carbocycles. The minimum absolute atomic E-state index is 0.772. The van der Waals surface area contributed by atoms with Crippen LogP contribution in [0.5, 0.6) is 0 Å². The molecule has 20 nitrogen and oxygen atoms in total. The summed E-state index contributed by atoms with van der Waals surface area (Å²) in [6, 6.07) is 0. The van der Waals surface area contributed by atoms with Crippen LogP contribution in [0, 0.1) is 0 Å². The van der Waals surface area contributed by atoms with Gasteiger partial charge in [0.25, 0.3) is 0 Å². The first-order valence-electron chi connectivity index (χ1n) is 14.0. The van der Waals surface area contributed by atoms with Gasteiger partial charge in [0.05, 0.1) is 25.9 Å². The first-order chi connectivity index (χ1) is 20.7. The van der Waals surface area contributed by atoms with Crippen LogP contribution in [-0.2, 0) is 33.2 Å². The lowest BCUT2D eigenvalue weighted by Gasteiger charge is -2.48. The Balaban J connectivity index is 1.42. The van der Waals surface area contributed by atoms with Crippen LogP contribution in [0.1, 0.15) is 6.92 Å². The third-order valence-corrected chi connectivity index (χ3v) is 8.15. The van der Waals surface area contributed by atoms with Crippen molar-refractivity contribution in [2.24, 2.45) is 0 Å². The predicted molar refractivity (Wildman–Crippen MR) is 132 cm³/mol. The second kappa shape index (κ2) is 15.0. The van der Waals surface area contributed by atoms with Gasteiger partial charge in [0.15, 0.2) is 25.2 Å². The van der Waals surface area contributed by atoms with Gasteiger partial charge in [-0.3, -0.25) is 0 Å². The SMILES string of the molecule is C[C@@H]1O[C@H](O[C@H]2[C@H](O)[C@H](O)[C@H](O[C@H]3[C@H](O)[C@H](O)[C@@H](O[C@H]4O[C@H](CO)[C@@H](O)[C@@H](O)[C@@H]4O)O[C@H]3CO)O[C@H]2CO)[C@@H](O)[C@@H](O)[C@@H]1O. The van der Waals surface area contributed by atoms with E-state index in [0.717, 1.165) is 0 Å². The van der Waals surface area contributed by atoms with Crippen molar-refractivity contribution in [2.45, 2.75) is 130 Å². The van der Waals surface area contributed by atoms with Crippen LogP contribution in [0.15, 0.2) is 0 Å². The van der Waals surface area contributed by atoms with Gasteiger partial charge in [0.2, 0.25) is 0 Å². The van der Waals surface area contributed by atoms with Gasteiger partial charge in [0.1, 0.15) is 91.6 Å². The third kappa shape index (κ3) is 7.05. The molecule has 4 fully saturated rings. The molecule has 4 saturated heterocycles. The lowest BCUT2D eigenvalue weighted by atomic mass is 9.96. The second-order valence-corrected chi connectivity index (χ2v) is 11.1. The van der Waals surface area contributed by atoms with Crippen molar-refractivity contribution in [1.82, 2.24) is 0 Å². The van der Waals surface area contributed by atoms with E-state index in [1.54, 1.807) is 0 Å². The summed E-state index contributed by atoms with van der Waals surface area (Å²) in [4.78, 5) is 0.